The van der Waals surface area contributed by atoms with Crippen molar-refractivity contribution in [1.29, 1.82) is 0 Å². The van der Waals surface area contributed by atoms with Crippen LogP contribution in [0.25, 0.3) is 0 Å². The normalized spacial score (nSPS) is 11.9. The van der Waals surface area contributed by atoms with Crippen LogP contribution in [0, 0.1) is 0 Å². The molecule has 0 aliphatic heterocycles. The highest BCUT2D eigenvalue weighted by Crippen LogP contribution is 2.24. The Morgan fingerprint density at radius 2 is 2.18 bits per heavy atom. The summed E-state index contributed by atoms with van der Waals surface area (Å²) in [4.78, 5) is 22.0. The van der Waals surface area contributed by atoms with Gasteiger partial charge >= 0.3 is 5.97 Å². The molecule has 0 saturated carbocycles. The fourth-order valence-corrected chi connectivity index (χ4v) is 1.44. The summed E-state index contributed by atoms with van der Waals surface area (Å²) in [6, 6.07) is 4.14. The molecule has 0 bridgehead atoms. The van der Waals surface area contributed by atoms with Crippen LogP contribution in [-0.4, -0.2) is 23.1 Å². The predicted molar refractivity (Wildman–Crippen MR) is 62.3 cm³/mol. The quantitative estimate of drug-likeness (QED) is 0.840. The van der Waals surface area contributed by atoms with E-state index in [1.807, 2.05) is 0 Å². The number of carbonyl (C=O) groups is 2. The van der Waals surface area contributed by atoms with Crippen LogP contribution in [0.5, 0.6) is 5.75 Å². The fourth-order valence-electron chi connectivity index (χ4n) is 1.27. The molecule has 6 heteroatoms. The minimum Gasteiger partial charge on any atom is -0.480 e. The van der Waals surface area contributed by atoms with Crippen LogP contribution in [0.4, 0.5) is 0 Å². The van der Waals surface area contributed by atoms with Gasteiger partial charge in [0.2, 0.25) is 0 Å². The van der Waals surface area contributed by atoms with Crippen LogP contribution >= 0.6 is 11.6 Å². The maximum atomic E-state index is 11.0. The molecule has 3 N–H and O–H groups in total. The highest BCUT2D eigenvalue weighted by molar-refractivity contribution is 6.31. The Labute approximate surface area is 103 Å². The number of rotatable bonds is 5. The lowest BCUT2D eigenvalue weighted by Gasteiger charge is -2.15. The third-order valence-electron chi connectivity index (χ3n) is 2.13. The molecule has 1 atom stereocenters. The Hall–Kier alpha value is -1.75. The van der Waals surface area contributed by atoms with Crippen LogP contribution in [0.3, 0.4) is 0 Å². The first-order chi connectivity index (χ1) is 7.95. The lowest BCUT2D eigenvalue weighted by Crippen LogP contribution is -2.33. The second kappa shape index (κ2) is 5.54. The largest absolute Gasteiger partial charge is 0.480 e. The maximum absolute atomic E-state index is 11.0. The number of halogens is 1. The zero-order valence-corrected chi connectivity index (χ0v) is 9.90. The van der Waals surface area contributed by atoms with Gasteiger partial charge in [-0.25, -0.2) is 4.79 Å². The number of carboxylic acid groups (broad SMARTS) is 1. The van der Waals surface area contributed by atoms with E-state index in [9.17, 15) is 9.59 Å². The first-order valence-corrected chi connectivity index (χ1v) is 5.32. The van der Waals surface area contributed by atoms with Crippen molar-refractivity contribution in [2.45, 2.75) is 19.4 Å². The van der Waals surface area contributed by atoms with E-state index in [1.54, 1.807) is 6.92 Å². The highest BCUT2D eigenvalue weighted by Gasteiger charge is 2.19. The number of primary amides is 1. The molecule has 0 aliphatic rings. The van der Waals surface area contributed by atoms with Crippen molar-refractivity contribution >= 4 is 23.5 Å². The van der Waals surface area contributed by atoms with Gasteiger partial charge in [0.25, 0.3) is 5.91 Å². The van der Waals surface area contributed by atoms with Crippen molar-refractivity contribution in [3.05, 3.63) is 28.8 Å². The van der Waals surface area contributed by atoms with Gasteiger partial charge < -0.3 is 15.6 Å². The Kier molecular flexibility index (Phi) is 4.34. The first kappa shape index (κ1) is 13.3. The molecule has 92 valence electrons. The minimum atomic E-state index is -1.18. The van der Waals surface area contributed by atoms with E-state index in [4.69, 9.17) is 27.2 Å². The number of nitrogens with two attached hydrogens (primary N) is 1. The van der Waals surface area contributed by atoms with Gasteiger partial charge in [-0.1, -0.05) is 18.5 Å². The summed E-state index contributed by atoms with van der Waals surface area (Å²) in [6.45, 7) is 1.71. The Morgan fingerprint density at radius 3 is 2.65 bits per heavy atom. The van der Waals surface area contributed by atoms with Crippen molar-refractivity contribution in [3.8, 4) is 5.75 Å². The first-order valence-electron chi connectivity index (χ1n) is 4.94. The molecular weight excluding hydrogens is 246 g/mol. The second-order valence-corrected chi connectivity index (χ2v) is 3.80. The van der Waals surface area contributed by atoms with Crippen molar-refractivity contribution in [1.82, 2.24) is 0 Å². The number of benzene rings is 1. The van der Waals surface area contributed by atoms with E-state index in [0.717, 1.165) is 0 Å². The Bertz CT molecular complexity index is 447. The lowest BCUT2D eigenvalue weighted by molar-refractivity contribution is -0.124. The lowest BCUT2D eigenvalue weighted by atomic mass is 10.2. The average Bonchev–Trinajstić information content (AvgIpc) is 2.26. The van der Waals surface area contributed by atoms with Crippen molar-refractivity contribution < 1.29 is 19.4 Å². The van der Waals surface area contributed by atoms with Gasteiger partial charge in [0.1, 0.15) is 11.3 Å². The highest BCUT2D eigenvalue weighted by atomic mass is 35.5. The average molecular weight is 258 g/mol. The second-order valence-electron chi connectivity index (χ2n) is 3.36. The van der Waals surface area contributed by atoms with Gasteiger partial charge in [-0.3, -0.25) is 4.79 Å². The number of hydrogen-bond donors (Lipinski definition) is 2. The summed E-state index contributed by atoms with van der Waals surface area (Å²) < 4.78 is 5.26. The number of amides is 1. The molecule has 1 unspecified atom stereocenters. The fraction of sp³-hybridized carbons (Fsp3) is 0.273. The Morgan fingerprint density at radius 1 is 1.53 bits per heavy atom. The molecule has 0 spiro atoms. The number of carbonyl (C=O) groups excluding carboxylic acids is 1. The summed E-state index contributed by atoms with van der Waals surface area (Å²) in [5.41, 5.74) is 5.01. The van der Waals surface area contributed by atoms with Crippen LogP contribution < -0.4 is 10.5 Å². The molecule has 1 rings (SSSR count). The molecule has 0 saturated heterocycles. The van der Waals surface area contributed by atoms with E-state index < -0.39 is 18.0 Å². The zero-order chi connectivity index (χ0) is 13.0. The third-order valence-corrected chi connectivity index (χ3v) is 2.36. The van der Waals surface area contributed by atoms with E-state index in [1.165, 1.54) is 18.2 Å². The molecule has 0 fully saturated rings. The summed E-state index contributed by atoms with van der Waals surface area (Å²) >= 11 is 5.68. The number of hydrogen-bond acceptors (Lipinski definition) is 3. The maximum Gasteiger partial charge on any atom is 0.339 e. The third kappa shape index (κ3) is 3.35. The summed E-state index contributed by atoms with van der Waals surface area (Å²) in [5, 5.41) is 9.24. The molecule has 0 radical (unpaired) electrons. The summed E-state index contributed by atoms with van der Waals surface area (Å²) in [6.07, 6.45) is -0.494. The molecule has 1 aromatic rings. The molecule has 17 heavy (non-hydrogen) atoms. The smallest absolute Gasteiger partial charge is 0.339 e. The summed E-state index contributed by atoms with van der Waals surface area (Å²) in [7, 11) is 0. The van der Waals surface area contributed by atoms with Crippen LogP contribution in [0.2, 0.25) is 5.02 Å². The van der Waals surface area contributed by atoms with Crippen molar-refractivity contribution in [3.63, 3.8) is 0 Å². The monoisotopic (exact) mass is 257 g/mol. The van der Waals surface area contributed by atoms with Gasteiger partial charge in [0.05, 0.1) is 0 Å². The van der Waals surface area contributed by atoms with Gasteiger partial charge in [0, 0.05) is 5.02 Å². The predicted octanol–water partition coefficient (Wildman–Crippen LogP) is 1.68. The zero-order valence-electron chi connectivity index (χ0n) is 9.14. The minimum absolute atomic E-state index is 0.0764. The van der Waals surface area contributed by atoms with Crippen LogP contribution in [-0.2, 0) is 4.79 Å². The van der Waals surface area contributed by atoms with Crippen LogP contribution in [0.15, 0.2) is 18.2 Å². The Balaban J connectivity index is 3.05. The topological polar surface area (TPSA) is 89.6 Å². The molecule has 1 aromatic carbocycles. The molecular formula is C11H12ClNO4. The van der Waals surface area contributed by atoms with Gasteiger partial charge in [-0.05, 0) is 24.6 Å². The number of ether oxygens (including phenoxy) is 1. The summed E-state index contributed by atoms with van der Waals surface area (Å²) in [5.74, 6) is -1.74. The standard InChI is InChI=1S/C11H12ClNO4/c1-2-8(10(13)14)17-9-4-3-6(12)5-7(9)11(15)16/h3-5,8H,2H2,1H3,(H2,13,14)(H,15,16). The molecule has 0 aliphatic carbocycles. The van der Waals surface area contributed by atoms with Crippen molar-refractivity contribution in [2.24, 2.45) is 5.73 Å². The van der Waals surface area contributed by atoms with Gasteiger partial charge in [-0.15, -0.1) is 0 Å². The molecule has 0 heterocycles. The number of aromatic carboxylic acids is 1. The van der Waals surface area contributed by atoms with Gasteiger partial charge in [0.15, 0.2) is 6.10 Å². The van der Waals surface area contributed by atoms with Gasteiger partial charge in [-0.2, -0.15) is 0 Å². The van der Waals surface area contributed by atoms with E-state index in [2.05, 4.69) is 0 Å². The van der Waals surface area contributed by atoms with Crippen molar-refractivity contribution in [2.75, 3.05) is 0 Å². The molecule has 5 nitrogen and oxygen atoms in total. The number of carboxylic acids is 1. The van der Waals surface area contributed by atoms with E-state index in [-0.39, 0.29) is 16.3 Å². The molecule has 0 aromatic heterocycles. The van der Waals surface area contributed by atoms with E-state index in [0.29, 0.717) is 6.42 Å². The van der Waals surface area contributed by atoms with Crippen LogP contribution in [0.1, 0.15) is 23.7 Å². The SMILES string of the molecule is CCC(Oc1ccc(Cl)cc1C(=O)O)C(N)=O. The molecule has 1 amide bonds. The van der Waals surface area contributed by atoms with E-state index >= 15 is 0 Å².